The van der Waals surface area contributed by atoms with Crippen LogP contribution in [0.5, 0.6) is 0 Å². The highest BCUT2D eigenvalue weighted by Crippen LogP contribution is 2.37. The van der Waals surface area contributed by atoms with Gasteiger partial charge in [-0.05, 0) is 44.8 Å². The molecule has 5 heteroatoms. The summed E-state index contributed by atoms with van der Waals surface area (Å²) in [6, 6.07) is 7.63. The predicted molar refractivity (Wildman–Crippen MR) is 79.1 cm³/mol. The van der Waals surface area contributed by atoms with Gasteiger partial charge in [0.05, 0.1) is 4.92 Å². The maximum atomic E-state index is 11.2. The monoisotopic (exact) mass is 275 g/mol. The minimum atomic E-state index is -0.256. The second-order valence-electron chi connectivity index (χ2n) is 5.96. The van der Waals surface area contributed by atoms with Crippen molar-refractivity contribution in [3.8, 4) is 0 Å². The lowest BCUT2D eigenvalue weighted by Crippen LogP contribution is -2.53. The van der Waals surface area contributed by atoms with E-state index in [1.165, 1.54) is 6.42 Å². The highest BCUT2D eigenvalue weighted by Gasteiger charge is 2.36. The van der Waals surface area contributed by atoms with Gasteiger partial charge in [0, 0.05) is 25.2 Å². The molecule has 1 aromatic rings. The Morgan fingerprint density at radius 2 is 2.05 bits per heavy atom. The Kier molecular flexibility index (Phi) is 3.61. The molecule has 0 spiro atoms. The van der Waals surface area contributed by atoms with Crippen LogP contribution < -0.4 is 4.90 Å². The van der Waals surface area contributed by atoms with Gasteiger partial charge in [-0.15, -0.1) is 0 Å². The third kappa shape index (κ3) is 2.38. The zero-order valence-corrected chi connectivity index (χ0v) is 11.9. The summed E-state index contributed by atoms with van der Waals surface area (Å²) in [4.78, 5) is 15.7. The van der Waals surface area contributed by atoms with Gasteiger partial charge in [-0.25, -0.2) is 0 Å². The van der Waals surface area contributed by atoms with Gasteiger partial charge in [-0.3, -0.25) is 10.1 Å². The summed E-state index contributed by atoms with van der Waals surface area (Å²) in [7, 11) is 2.17. The van der Waals surface area contributed by atoms with Crippen LogP contribution >= 0.6 is 0 Å². The summed E-state index contributed by atoms with van der Waals surface area (Å²) < 4.78 is 0. The molecular weight excluding hydrogens is 254 g/mol. The van der Waals surface area contributed by atoms with Crippen LogP contribution in [0.15, 0.2) is 24.3 Å². The minimum absolute atomic E-state index is 0.243. The van der Waals surface area contributed by atoms with Gasteiger partial charge in [0.2, 0.25) is 0 Å². The first kappa shape index (κ1) is 13.4. The summed E-state index contributed by atoms with van der Waals surface area (Å²) >= 11 is 0. The SMILES string of the molecule is CN1CC[C@H]2[C@@H](CCCN2c2ccccc2[N+](=O)[O-])C1. The van der Waals surface area contributed by atoms with Gasteiger partial charge in [0.15, 0.2) is 0 Å². The number of nitro benzene ring substituents is 1. The van der Waals surface area contributed by atoms with E-state index in [1.807, 2.05) is 12.1 Å². The molecule has 0 radical (unpaired) electrons. The number of nitrogens with zero attached hydrogens (tertiary/aromatic N) is 3. The molecular formula is C15H21N3O2. The fraction of sp³-hybridized carbons (Fsp3) is 0.600. The maximum absolute atomic E-state index is 11.2. The number of benzene rings is 1. The van der Waals surface area contributed by atoms with Crippen molar-refractivity contribution in [2.45, 2.75) is 25.3 Å². The average Bonchev–Trinajstić information content (AvgIpc) is 2.46. The van der Waals surface area contributed by atoms with E-state index in [2.05, 4.69) is 16.8 Å². The number of hydrogen-bond donors (Lipinski definition) is 0. The lowest BCUT2D eigenvalue weighted by Gasteiger charge is -2.47. The molecule has 2 aliphatic rings. The molecule has 0 N–H and O–H groups in total. The number of piperidine rings is 2. The lowest BCUT2D eigenvalue weighted by molar-refractivity contribution is -0.384. The standard InChI is InChI=1S/C15H21N3O2/c1-16-10-8-13-12(11-16)5-4-9-17(13)14-6-2-3-7-15(14)18(19)20/h2-3,6-7,12-13H,4-5,8-11H2,1H3/t12-,13-/m0/s1. The highest BCUT2D eigenvalue weighted by molar-refractivity contribution is 5.64. The number of nitro groups is 1. The Labute approximate surface area is 119 Å². The molecule has 2 fully saturated rings. The molecule has 3 rings (SSSR count). The Bertz CT molecular complexity index is 506. The van der Waals surface area contributed by atoms with E-state index in [-0.39, 0.29) is 10.6 Å². The van der Waals surface area contributed by atoms with E-state index in [1.54, 1.807) is 12.1 Å². The normalized spacial score (nSPS) is 27.1. The van der Waals surface area contributed by atoms with E-state index in [9.17, 15) is 10.1 Å². The largest absolute Gasteiger partial charge is 0.363 e. The van der Waals surface area contributed by atoms with Crippen molar-refractivity contribution in [3.63, 3.8) is 0 Å². The summed E-state index contributed by atoms with van der Waals surface area (Å²) in [6.07, 6.45) is 3.47. The molecule has 2 aliphatic heterocycles. The number of para-hydroxylation sites is 2. The quantitative estimate of drug-likeness (QED) is 0.614. The van der Waals surface area contributed by atoms with E-state index in [0.717, 1.165) is 38.2 Å². The first-order valence-corrected chi connectivity index (χ1v) is 7.35. The zero-order chi connectivity index (χ0) is 14.1. The second-order valence-corrected chi connectivity index (χ2v) is 5.96. The minimum Gasteiger partial charge on any atom is -0.363 e. The van der Waals surface area contributed by atoms with E-state index < -0.39 is 0 Å². The van der Waals surface area contributed by atoms with Gasteiger partial charge in [-0.2, -0.15) is 0 Å². The van der Waals surface area contributed by atoms with E-state index in [0.29, 0.717) is 12.0 Å². The Hall–Kier alpha value is -1.62. The van der Waals surface area contributed by atoms with Crippen molar-refractivity contribution in [2.24, 2.45) is 5.92 Å². The molecule has 108 valence electrons. The summed E-state index contributed by atoms with van der Waals surface area (Å²) in [5.74, 6) is 0.641. The van der Waals surface area contributed by atoms with E-state index in [4.69, 9.17) is 0 Å². The van der Waals surface area contributed by atoms with Gasteiger partial charge < -0.3 is 9.80 Å². The van der Waals surface area contributed by atoms with Crippen LogP contribution in [0.3, 0.4) is 0 Å². The van der Waals surface area contributed by atoms with Crippen molar-refractivity contribution in [3.05, 3.63) is 34.4 Å². The fourth-order valence-corrected chi connectivity index (χ4v) is 3.75. The molecule has 2 heterocycles. The summed E-state index contributed by atoms with van der Waals surface area (Å²) in [5, 5.41) is 11.2. The number of anilines is 1. The number of likely N-dealkylation sites (tertiary alicyclic amines) is 1. The number of fused-ring (bicyclic) bond motifs is 1. The first-order valence-electron chi connectivity index (χ1n) is 7.35. The van der Waals surface area contributed by atoms with Crippen LogP contribution in [0.25, 0.3) is 0 Å². The van der Waals surface area contributed by atoms with Crippen LogP contribution in [0, 0.1) is 16.0 Å². The van der Waals surface area contributed by atoms with Crippen LogP contribution in [-0.4, -0.2) is 42.5 Å². The van der Waals surface area contributed by atoms with Crippen LogP contribution in [0.4, 0.5) is 11.4 Å². The zero-order valence-electron chi connectivity index (χ0n) is 11.9. The third-order valence-electron chi connectivity index (χ3n) is 4.66. The molecule has 0 aromatic heterocycles. The highest BCUT2D eigenvalue weighted by atomic mass is 16.6. The van der Waals surface area contributed by atoms with Gasteiger partial charge >= 0.3 is 0 Å². The molecule has 0 amide bonds. The molecule has 20 heavy (non-hydrogen) atoms. The summed E-state index contributed by atoms with van der Waals surface area (Å²) in [6.45, 7) is 3.13. The van der Waals surface area contributed by atoms with Crippen molar-refractivity contribution in [1.82, 2.24) is 4.90 Å². The maximum Gasteiger partial charge on any atom is 0.292 e. The molecule has 0 saturated carbocycles. The molecule has 0 bridgehead atoms. The number of rotatable bonds is 2. The molecule has 1 aromatic carbocycles. The molecule has 5 nitrogen and oxygen atoms in total. The van der Waals surface area contributed by atoms with Crippen LogP contribution in [0.2, 0.25) is 0 Å². The topological polar surface area (TPSA) is 49.6 Å². The van der Waals surface area contributed by atoms with Crippen LogP contribution in [0.1, 0.15) is 19.3 Å². The summed E-state index contributed by atoms with van der Waals surface area (Å²) in [5.41, 5.74) is 1.05. The predicted octanol–water partition coefficient (Wildman–Crippen LogP) is 2.52. The van der Waals surface area contributed by atoms with E-state index >= 15 is 0 Å². The van der Waals surface area contributed by atoms with Crippen molar-refractivity contribution in [1.29, 1.82) is 0 Å². The smallest absolute Gasteiger partial charge is 0.292 e. The van der Waals surface area contributed by atoms with Crippen molar-refractivity contribution in [2.75, 3.05) is 31.6 Å². The number of hydrogen-bond acceptors (Lipinski definition) is 4. The Morgan fingerprint density at radius 3 is 2.85 bits per heavy atom. The molecule has 0 aliphatic carbocycles. The second kappa shape index (κ2) is 5.40. The average molecular weight is 275 g/mol. The Balaban J connectivity index is 1.91. The molecule has 2 saturated heterocycles. The van der Waals surface area contributed by atoms with Gasteiger partial charge in [0.1, 0.15) is 5.69 Å². The van der Waals surface area contributed by atoms with Gasteiger partial charge in [-0.1, -0.05) is 12.1 Å². The first-order chi connectivity index (χ1) is 9.66. The third-order valence-corrected chi connectivity index (χ3v) is 4.66. The Morgan fingerprint density at radius 1 is 1.25 bits per heavy atom. The van der Waals surface area contributed by atoms with Crippen molar-refractivity contribution < 1.29 is 4.92 Å². The van der Waals surface area contributed by atoms with Crippen molar-refractivity contribution >= 4 is 11.4 Å². The lowest BCUT2D eigenvalue weighted by atomic mass is 9.83. The molecule has 0 unspecified atom stereocenters. The van der Waals surface area contributed by atoms with Crippen LogP contribution in [-0.2, 0) is 0 Å². The fourth-order valence-electron chi connectivity index (χ4n) is 3.75. The molecule has 2 atom stereocenters. The van der Waals surface area contributed by atoms with Gasteiger partial charge in [0.25, 0.3) is 5.69 Å².